The quantitative estimate of drug-likeness (QED) is 0.518. The van der Waals surface area contributed by atoms with E-state index in [1.807, 2.05) is 0 Å². The second kappa shape index (κ2) is 5.49. The highest BCUT2D eigenvalue weighted by molar-refractivity contribution is 7.84. The van der Waals surface area contributed by atoms with Crippen LogP contribution >= 0.6 is 12.6 Å². The summed E-state index contributed by atoms with van der Waals surface area (Å²) in [6.07, 6.45) is 5.48. The van der Waals surface area contributed by atoms with E-state index in [9.17, 15) is 0 Å². The number of rotatable bonds is 4. The van der Waals surface area contributed by atoms with E-state index in [2.05, 4.69) is 30.9 Å². The molecule has 1 rings (SSSR count). The normalized spacial score (nSPS) is 23.2. The standard InChI is InChI=1S/C9H17NOS/c1-2-6-11-7-8-4-3-5-9(12)10-8/h5,8,10,12H,2-4,6-7H2,1H3. The molecule has 0 fully saturated rings. The van der Waals surface area contributed by atoms with E-state index in [4.69, 9.17) is 4.74 Å². The third kappa shape index (κ3) is 3.50. The van der Waals surface area contributed by atoms with Gasteiger partial charge < -0.3 is 10.1 Å². The van der Waals surface area contributed by atoms with E-state index >= 15 is 0 Å². The van der Waals surface area contributed by atoms with Gasteiger partial charge in [0.2, 0.25) is 0 Å². The average molecular weight is 187 g/mol. The predicted octanol–water partition coefficient (Wildman–Crippen LogP) is 1.94. The average Bonchev–Trinajstić information content (AvgIpc) is 2.05. The van der Waals surface area contributed by atoms with Crippen molar-refractivity contribution in [2.45, 2.75) is 32.2 Å². The Morgan fingerprint density at radius 1 is 1.75 bits per heavy atom. The van der Waals surface area contributed by atoms with Gasteiger partial charge in [0.25, 0.3) is 0 Å². The molecule has 1 N–H and O–H groups in total. The van der Waals surface area contributed by atoms with Crippen molar-refractivity contribution in [3.05, 3.63) is 11.1 Å². The van der Waals surface area contributed by atoms with Crippen LogP contribution < -0.4 is 5.32 Å². The number of allylic oxidation sites excluding steroid dienone is 1. The smallest absolute Gasteiger partial charge is 0.0668 e. The van der Waals surface area contributed by atoms with Crippen LogP contribution in [0.25, 0.3) is 0 Å². The molecule has 1 aliphatic rings. The number of thiol groups is 1. The van der Waals surface area contributed by atoms with Gasteiger partial charge in [0.15, 0.2) is 0 Å². The molecule has 1 heterocycles. The second-order valence-corrected chi connectivity index (χ2v) is 3.56. The maximum absolute atomic E-state index is 5.45. The fourth-order valence-electron chi connectivity index (χ4n) is 1.26. The third-order valence-corrected chi connectivity index (χ3v) is 2.18. The molecule has 0 saturated carbocycles. The summed E-state index contributed by atoms with van der Waals surface area (Å²) >= 11 is 4.26. The summed E-state index contributed by atoms with van der Waals surface area (Å²) in [7, 11) is 0. The molecule has 1 atom stereocenters. The molecule has 0 amide bonds. The number of nitrogens with one attached hydrogen (secondary N) is 1. The highest BCUT2D eigenvalue weighted by atomic mass is 32.1. The molecule has 3 heteroatoms. The van der Waals surface area contributed by atoms with Crippen LogP contribution in [0.4, 0.5) is 0 Å². The monoisotopic (exact) mass is 187 g/mol. The Morgan fingerprint density at radius 3 is 3.25 bits per heavy atom. The molecule has 0 aromatic heterocycles. The summed E-state index contributed by atoms with van der Waals surface area (Å²) in [5.41, 5.74) is 0. The van der Waals surface area contributed by atoms with E-state index in [0.717, 1.165) is 37.5 Å². The molecule has 0 aromatic rings. The van der Waals surface area contributed by atoms with Gasteiger partial charge in [-0.2, -0.15) is 0 Å². The van der Waals surface area contributed by atoms with Crippen LogP contribution in [-0.2, 0) is 4.74 Å². The minimum atomic E-state index is 0.467. The summed E-state index contributed by atoms with van der Waals surface area (Å²) in [4.78, 5) is 0. The van der Waals surface area contributed by atoms with Gasteiger partial charge in [-0.05, 0) is 19.3 Å². The van der Waals surface area contributed by atoms with Gasteiger partial charge in [0.05, 0.1) is 17.7 Å². The zero-order chi connectivity index (χ0) is 8.81. The molecule has 0 aromatic carbocycles. The maximum Gasteiger partial charge on any atom is 0.0668 e. The van der Waals surface area contributed by atoms with Crippen molar-refractivity contribution in [3.8, 4) is 0 Å². The molecule has 0 saturated heterocycles. The predicted molar refractivity (Wildman–Crippen MR) is 54.3 cm³/mol. The third-order valence-electron chi connectivity index (χ3n) is 1.87. The molecular formula is C9H17NOS. The highest BCUT2D eigenvalue weighted by Crippen LogP contribution is 2.12. The Hall–Kier alpha value is -0.150. The highest BCUT2D eigenvalue weighted by Gasteiger charge is 2.11. The van der Waals surface area contributed by atoms with Gasteiger partial charge in [-0.25, -0.2) is 0 Å². The molecule has 0 spiro atoms. The Labute approximate surface area is 79.8 Å². The minimum absolute atomic E-state index is 0.467. The second-order valence-electron chi connectivity index (χ2n) is 3.08. The molecule has 12 heavy (non-hydrogen) atoms. The summed E-state index contributed by atoms with van der Waals surface area (Å²) in [6, 6.07) is 0.467. The Bertz CT molecular complexity index is 159. The first kappa shape index (κ1) is 9.93. The van der Waals surface area contributed by atoms with Crippen molar-refractivity contribution in [3.63, 3.8) is 0 Å². The largest absolute Gasteiger partial charge is 0.379 e. The van der Waals surface area contributed by atoms with Crippen LogP contribution in [0.5, 0.6) is 0 Å². The van der Waals surface area contributed by atoms with Crippen molar-refractivity contribution in [2.75, 3.05) is 13.2 Å². The summed E-state index contributed by atoms with van der Waals surface area (Å²) in [6.45, 7) is 3.80. The fourth-order valence-corrected chi connectivity index (χ4v) is 1.57. The Kier molecular flexibility index (Phi) is 4.54. The molecule has 2 nitrogen and oxygen atoms in total. The van der Waals surface area contributed by atoms with Crippen molar-refractivity contribution in [1.29, 1.82) is 0 Å². The van der Waals surface area contributed by atoms with Gasteiger partial charge in [0.1, 0.15) is 0 Å². The SMILES string of the molecule is CCCOCC1CCC=C(S)N1. The first-order chi connectivity index (χ1) is 5.83. The van der Waals surface area contributed by atoms with Gasteiger partial charge >= 0.3 is 0 Å². The van der Waals surface area contributed by atoms with Gasteiger partial charge in [-0.15, -0.1) is 12.6 Å². The molecule has 0 bridgehead atoms. The van der Waals surface area contributed by atoms with E-state index < -0.39 is 0 Å². The number of ether oxygens (including phenoxy) is 1. The summed E-state index contributed by atoms with van der Waals surface area (Å²) in [5, 5.41) is 4.27. The van der Waals surface area contributed by atoms with Gasteiger partial charge in [-0.1, -0.05) is 13.0 Å². The lowest BCUT2D eigenvalue weighted by Gasteiger charge is -2.22. The Morgan fingerprint density at radius 2 is 2.58 bits per heavy atom. The molecule has 70 valence electrons. The topological polar surface area (TPSA) is 21.3 Å². The van der Waals surface area contributed by atoms with Gasteiger partial charge in [0, 0.05) is 6.61 Å². The van der Waals surface area contributed by atoms with Crippen molar-refractivity contribution < 1.29 is 4.74 Å². The van der Waals surface area contributed by atoms with Crippen LogP contribution in [0, 0.1) is 0 Å². The van der Waals surface area contributed by atoms with E-state index in [0.29, 0.717) is 6.04 Å². The zero-order valence-corrected chi connectivity index (χ0v) is 8.44. The summed E-state index contributed by atoms with van der Waals surface area (Å²) in [5.74, 6) is 0. The molecule has 1 aliphatic heterocycles. The van der Waals surface area contributed by atoms with Crippen LogP contribution in [-0.4, -0.2) is 19.3 Å². The molecule has 1 unspecified atom stereocenters. The van der Waals surface area contributed by atoms with Gasteiger partial charge in [-0.3, -0.25) is 0 Å². The van der Waals surface area contributed by atoms with Crippen LogP contribution in [0.3, 0.4) is 0 Å². The van der Waals surface area contributed by atoms with Crippen molar-refractivity contribution in [1.82, 2.24) is 5.32 Å². The number of hydrogen-bond donors (Lipinski definition) is 2. The summed E-state index contributed by atoms with van der Waals surface area (Å²) < 4.78 is 5.45. The lowest BCUT2D eigenvalue weighted by atomic mass is 10.1. The van der Waals surface area contributed by atoms with Crippen LogP contribution in [0.2, 0.25) is 0 Å². The first-order valence-corrected chi connectivity index (χ1v) is 5.01. The van der Waals surface area contributed by atoms with Crippen LogP contribution in [0.15, 0.2) is 11.1 Å². The van der Waals surface area contributed by atoms with Crippen molar-refractivity contribution >= 4 is 12.6 Å². The first-order valence-electron chi connectivity index (χ1n) is 4.56. The van der Waals surface area contributed by atoms with E-state index in [1.165, 1.54) is 0 Å². The molecule has 0 aliphatic carbocycles. The molecule has 0 radical (unpaired) electrons. The Balaban J connectivity index is 2.13. The fraction of sp³-hybridized carbons (Fsp3) is 0.778. The minimum Gasteiger partial charge on any atom is -0.379 e. The molecular weight excluding hydrogens is 170 g/mol. The van der Waals surface area contributed by atoms with Crippen LogP contribution in [0.1, 0.15) is 26.2 Å². The van der Waals surface area contributed by atoms with E-state index in [1.54, 1.807) is 0 Å². The van der Waals surface area contributed by atoms with Crippen molar-refractivity contribution in [2.24, 2.45) is 0 Å². The lowest BCUT2D eigenvalue weighted by Crippen LogP contribution is -2.33. The zero-order valence-electron chi connectivity index (χ0n) is 7.55. The maximum atomic E-state index is 5.45. The number of hydrogen-bond acceptors (Lipinski definition) is 3. The van der Waals surface area contributed by atoms with E-state index in [-0.39, 0.29) is 0 Å². The lowest BCUT2D eigenvalue weighted by molar-refractivity contribution is 0.112.